The summed E-state index contributed by atoms with van der Waals surface area (Å²) in [6.07, 6.45) is 1.83. The van der Waals surface area contributed by atoms with Gasteiger partial charge < -0.3 is 4.74 Å². The number of carbonyl (C=O) groups is 1. The van der Waals surface area contributed by atoms with Crippen LogP contribution in [0, 0.1) is 5.92 Å². The Morgan fingerprint density at radius 1 is 1.16 bits per heavy atom. The lowest BCUT2D eigenvalue weighted by Crippen LogP contribution is -2.25. The number of para-hydroxylation sites is 1. The Morgan fingerprint density at radius 3 is 2.42 bits per heavy atom. The molecule has 0 aliphatic heterocycles. The second-order valence-corrected chi connectivity index (χ2v) is 5.53. The fraction of sp³-hybridized carbons (Fsp3) is 0.471. The zero-order chi connectivity index (χ0) is 14.0. The first-order chi connectivity index (χ1) is 9.04. The molecule has 0 fully saturated rings. The van der Waals surface area contributed by atoms with Crippen LogP contribution in [0.2, 0.25) is 0 Å². The predicted molar refractivity (Wildman–Crippen MR) is 77.5 cm³/mol. The molecule has 0 bridgehead atoms. The summed E-state index contributed by atoms with van der Waals surface area (Å²) in [6, 6.07) is 8.07. The van der Waals surface area contributed by atoms with Crippen LogP contribution in [0.4, 0.5) is 0 Å². The van der Waals surface area contributed by atoms with Crippen molar-refractivity contribution in [3.8, 4) is 5.75 Å². The molecule has 0 unspecified atom stereocenters. The molecule has 2 nitrogen and oxygen atoms in total. The normalized spacial score (nSPS) is 23.4. The molecule has 19 heavy (non-hydrogen) atoms. The molecule has 1 aliphatic carbocycles. The largest absolute Gasteiger partial charge is 0.496 e. The van der Waals surface area contributed by atoms with Gasteiger partial charge in [0, 0.05) is 11.8 Å². The van der Waals surface area contributed by atoms with E-state index in [1.807, 2.05) is 18.2 Å². The van der Waals surface area contributed by atoms with Crippen LogP contribution in [-0.2, 0) is 4.79 Å². The second-order valence-electron chi connectivity index (χ2n) is 5.53. The van der Waals surface area contributed by atoms with Gasteiger partial charge in [0.1, 0.15) is 11.5 Å². The molecule has 2 rings (SSSR count). The van der Waals surface area contributed by atoms with Gasteiger partial charge in [-0.3, -0.25) is 4.79 Å². The zero-order valence-electron chi connectivity index (χ0n) is 12.2. The number of carbonyl (C=O) groups excluding carboxylic acids is 1. The van der Waals surface area contributed by atoms with Gasteiger partial charge in [-0.1, -0.05) is 29.3 Å². The third kappa shape index (κ3) is 2.73. The van der Waals surface area contributed by atoms with Crippen LogP contribution in [0.25, 0.3) is 0 Å². The Kier molecular flexibility index (Phi) is 4.08. The number of benzene rings is 1. The Balaban J connectivity index is 2.43. The molecule has 0 heterocycles. The highest BCUT2D eigenvalue weighted by Crippen LogP contribution is 2.43. The van der Waals surface area contributed by atoms with E-state index < -0.39 is 0 Å². The van der Waals surface area contributed by atoms with Crippen molar-refractivity contribution >= 4 is 5.78 Å². The van der Waals surface area contributed by atoms with E-state index in [0.717, 1.165) is 24.2 Å². The van der Waals surface area contributed by atoms with Gasteiger partial charge in [0.2, 0.25) is 0 Å². The quantitative estimate of drug-likeness (QED) is 0.762. The monoisotopic (exact) mass is 258 g/mol. The van der Waals surface area contributed by atoms with Crippen molar-refractivity contribution in [2.45, 2.75) is 39.5 Å². The van der Waals surface area contributed by atoms with Gasteiger partial charge in [-0.25, -0.2) is 0 Å². The minimum absolute atomic E-state index is 0.0833. The molecule has 0 amide bonds. The van der Waals surface area contributed by atoms with Crippen LogP contribution in [0.1, 0.15) is 45.1 Å². The van der Waals surface area contributed by atoms with Crippen molar-refractivity contribution in [1.29, 1.82) is 0 Å². The average molecular weight is 258 g/mol. The van der Waals surface area contributed by atoms with E-state index in [-0.39, 0.29) is 17.6 Å². The molecular formula is C17H22O2. The lowest BCUT2D eigenvalue weighted by Gasteiger charge is -2.32. The topological polar surface area (TPSA) is 26.3 Å². The molecule has 0 radical (unpaired) electrons. The van der Waals surface area contributed by atoms with Crippen molar-refractivity contribution in [1.82, 2.24) is 0 Å². The highest BCUT2D eigenvalue weighted by atomic mass is 16.5. The van der Waals surface area contributed by atoms with Gasteiger partial charge in [-0.2, -0.15) is 0 Å². The number of ether oxygens (including phenoxy) is 1. The van der Waals surface area contributed by atoms with Gasteiger partial charge in [-0.15, -0.1) is 0 Å². The Bertz CT molecular complexity index is 514. The summed E-state index contributed by atoms with van der Waals surface area (Å²) in [6.45, 7) is 6.03. The van der Waals surface area contributed by atoms with Gasteiger partial charge in [-0.05, 0) is 45.2 Å². The van der Waals surface area contributed by atoms with Crippen LogP contribution in [0.15, 0.2) is 35.4 Å². The molecule has 102 valence electrons. The first-order valence-electron chi connectivity index (χ1n) is 6.83. The van der Waals surface area contributed by atoms with Crippen molar-refractivity contribution in [2.24, 2.45) is 5.92 Å². The molecule has 0 spiro atoms. The van der Waals surface area contributed by atoms with Gasteiger partial charge >= 0.3 is 0 Å². The highest BCUT2D eigenvalue weighted by Gasteiger charge is 2.32. The molecule has 1 aliphatic rings. The summed E-state index contributed by atoms with van der Waals surface area (Å²) in [5, 5.41) is 0. The van der Waals surface area contributed by atoms with Crippen LogP contribution >= 0.6 is 0 Å². The number of Topliss-reactive ketones (excluding diaryl/α,β-unsaturated/α-hetero) is 1. The van der Waals surface area contributed by atoms with E-state index >= 15 is 0 Å². The van der Waals surface area contributed by atoms with Crippen molar-refractivity contribution in [2.75, 3.05) is 7.11 Å². The van der Waals surface area contributed by atoms with E-state index in [1.54, 1.807) is 14.0 Å². The Morgan fingerprint density at radius 2 is 1.79 bits per heavy atom. The number of ketones is 1. The van der Waals surface area contributed by atoms with Crippen molar-refractivity contribution in [3.63, 3.8) is 0 Å². The predicted octanol–water partition coefficient (Wildman–Crippen LogP) is 4.11. The van der Waals surface area contributed by atoms with Gasteiger partial charge in [0.15, 0.2) is 0 Å². The molecule has 0 N–H and O–H groups in total. The van der Waals surface area contributed by atoms with Gasteiger partial charge in [0.05, 0.1) is 7.11 Å². The lowest BCUT2D eigenvalue weighted by molar-refractivity contribution is -0.121. The smallest absolute Gasteiger partial charge is 0.133 e. The van der Waals surface area contributed by atoms with E-state index in [9.17, 15) is 4.79 Å². The third-order valence-corrected chi connectivity index (χ3v) is 4.33. The fourth-order valence-electron chi connectivity index (χ4n) is 3.02. The maximum absolute atomic E-state index is 12.0. The maximum atomic E-state index is 12.0. The molecule has 2 atom stereocenters. The van der Waals surface area contributed by atoms with E-state index in [4.69, 9.17) is 4.74 Å². The molecule has 1 aromatic carbocycles. The number of hydrogen-bond donors (Lipinski definition) is 0. The second kappa shape index (κ2) is 5.60. The highest BCUT2D eigenvalue weighted by molar-refractivity contribution is 5.80. The number of rotatable bonds is 3. The zero-order valence-corrected chi connectivity index (χ0v) is 12.2. The van der Waals surface area contributed by atoms with Crippen LogP contribution in [0.3, 0.4) is 0 Å². The van der Waals surface area contributed by atoms with E-state index in [2.05, 4.69) is 19.9 Å². The summed E-state index contributed by atoms with van der Waals surface area (Å²) in [5.41, 5.74) is 3.94. The lowest BCUT2D eigenvalue weighted by atomic mass is 9.71. The summed E-state index contributed by atoms with van der Waals surface area (Å²) in [5.74, 6) is 1.51. The fourth-order valence-corrected chi connectivity index (χ4v) is 3.02. The van der Waals surface area contributed by atoms with E-state index in [1.165, 1.54) is 11.1 Å². The molecule has 0 aromatic heterocycles. The SMILES string of the molecule is COc1ccccc1[C@@H]1CC(C)=C(C)C[C@H]1C(C)=O. The minimum Gasteiger partial charge on any atom is -0.496 e. The standard InChI is InChI=1S/C17H22O2/c1-11-9-15(13(3)18)16(10-12(11)2)14-7-5-6-8-17(14)19-4/h5-8,15-16H,9-10H2,1-4H3/t15-,16-/m0/s1. The molecular weight excluding hydrogens is 236 g/mol. The summed E-state index contributed by atoms with van der Waals surface area (Å²) < 4.78 is 5.46. The molecule has 0 saturated heterocycles. The van der Waals surface area contributed by atoms with Crippen molar-refractivity contribution < 1.29 is 9.53 Å². The Labute approximate surface area is 115 Å². The summed E-state index contributed by atoms with van der Waals surface area (Å²) in [4.78, 5) is 12.0. The third-order valence-electron chi connectivity index (χ3n) is 4.33. The molecule has 0 saturated carbocycles. The van der Waals surface area contributed by atoms with Crippen molar-refractivity contribution in [3.05, 3.63) is 41.0 Å². The summed E-state index contributed by atoms with van der Waals surface area (Å²) in [7, 11) is 1.69. The summed E-state index contributed by atoms with van der Waals surface area (Å²) >= 11 is 0. The molecule has 2 heteroatoms. The molecule has 1 aromatic rings. The van der Waals surface area contributed by atoms with E-state index in [0.29, 0.717) is 0 Å². The maximum Gasteiger partial charge on any atom is 0.133 e. The van der Waals surface area contributed by atoms with Crippen LogP contribution in [0.5, 0.6) is 5.75 Å². The Hall–Kier alpha value is -1.57. The minimum atomic E-state index is 0.0833. The first-order valence-corrected chi connectivity index (χ1v) is 6.83. The average Bonchev–Trinajstić information content (AvgIpc) is 2.41. The van der Waals surface area contributed by atoms with Gasteiger partial charge in [0.25, 0.3) is 0 Å². The number of allylic oxidation sites excluding steroid dienone is 2. The first kappa shape index (κ1) is 13.9. The number of hydrogen-bond acceptors (Lipinski definition) is 2. The van der Waals surface area contributed by atoms with Crippen LogP contribution in [-0.4, -0.2) is 12.9 Å². The number of methoxy groups -OCH3 is 1. The van der Waals surface area contributed by atoms with Crippen LogP contribution < -0.4 is 4.74 Å².